The fourth-order valence-corrected chi connectivity index (χ4v) is 5.04. The fourth-order valence-electron chi connectivity index (χ4n) is 5.04. The van der Waals surface area contributed by atoms with Crippen molar-refractivity contribution in [3.8, 4) is 11.1 Å². The summed E-state index contributed by atoms with van der Waals surface area (Å²) in [6, 6.07) is 14.6. The number of methoxy groups -OCH3 is 2. The summed E-state index contributed by atoms with van der Waals surface area (Å²) in [7, 11) is 2.80. The summed E-state index contributed by atoms with van der Waals surface area (Å²) in [5.41, 5.74) is 13.0. The number of amides is 1. The molecule has 5 atom stereocenters. The molecule has 2 aliphatic rings. The molecule has 3 unspecified atom stereocenters. The predicted octanol–water partition coefficient (Wildman–Crippen LogP) is 3.03. The molecular formula is C26H30N4O9. The monoisotopic (exact) mass is 542 g/mol. The van der Waals surface area contributed by atoms with Crippen molar-refractivity contribution in [2.75, 3.05) is 41.0 Å². The van der Waals surface area contributed by atoms with Crippen LogP contribution in [0.4, 0.5) is 4.79 Å². The number of carboxylic acids is 1. The van der Waals surface area contributed by atoms with E-state index < -0.39 is 42.5 Å². The number of hydrogen-bond acceptors (Lipinski definition) is 9. The smallest absolute Gasteiger partial charge is 0.407 e. The van der Waals surface area contributed by atoms with Crippen molar-refractivity contribution >= 4 is 12.1 Å². The molecule has 4 rings (SSSR count). The summed E-state index contributed by atoms with van der Waals surface area (Å²) < 4.78 is 32.8. The number of hydrogen-bond donors (Lipinski definition) is 2. The van der Waals surface area contributed by atoms with E-state index in [9.17, 15) is 14.7 Å². The Labute approximate surface area is 224 Å². The van der Waals surface area contributed by atoms with E-state index in [1.807, 2.05) is 48.5 Å². The van der Waals surface area contributed by atoms with Gasteiger partial charge in [-0.2, -0.15) is 0 Å². The number of ether oxygens (including phenoxy) is 6. The molecule has 2 N–H and O–H groups in total. The maximum Gasteiger partial charge on any atom is 0.407 e. The first-order valence-corrected chi connectivity index (χ1v) is 12.2. The average molecular weight is 543 g/mol. The lowest BCUT2D eigenvalue weighted by atomic mass is 9.92. The van der Waals surface area contributed by atoms with Crippen LogP contribution in [-0.4, -0.2) is 88.6 Å². The molecule has 1 amide bonds. The normalized spacial score (nSPS) is 23.8. The van der Waals surface area contributed by atoms with Gasteiger partial charge >= 0.3 is 12.1 Å². The van der Waals surface area contributed by atoms with Gasteiger partial charge in [-0.15, -0.1) is 0 Å². The number of benzene rings is 2. The third-order valence-corrected chi connectivity index (χ3v) is 6.64. The standard InChI is InChI=1S/C26H30N4O9/c1-34-13-37-22-20(11-28-30-27)39-24(25(31)32)21(23(22)38-14-35-2)29-26(33)36-12-19-17-9-5-3-7-15(17)16-8-4-6-10-18(16)19/h3-10,19-24H,11-14H2,1-2H3,(H,29,33)(H,31,32)/t20?,21?,22-,23?,24-/m1/s1. The van der Waals surface area contributed by atoms with Gasteiger partial charge in [0.25, 0.3) is 0 Å². The van der Waals surface area contributed by atoms with Crippen molar-refractivity contribution in [2.24, 2.45) is 5.11 Å². The van der Waals surface area contributed by atoms with E-state index in [0.717, 1.165) is 22.3 Å². The predicted molar refractivity (Wildman–Crippen MR) is 136 cm³/mol. The fraction of sp³-hybridized carbons (Fsp3) is 0.462. The molecule has 0 aromatic heterocycles. The van der Waals surface area contributed by atoms with Gasteiger partial charge in [-0.1, -0.05) is 53.6 Å². The van der Waals surface area contributed by atoms with E-state index in [4.69, 9.17) is 34.0 Å². The first-order chi connectivity index (χ1) is 19.0. The van der Waals surface area contributed by atoms with E-state index in [1.54, 1.807) is 0 Å². The minimum atomic E-state index is -1.56. The number of alkyl carbamates (subject to hydrolysis) is 1. The number of rotatable bonds is 12. The van der Waals surface area contributed by atoms with Gasteiger partial charge in [0.15, 0.2) is 6.10 Å². The number of fused-ring (bicyclic) bond motifs is 3. The van der Waals surface area contributed by atoms with E-state index >= 15 is 0 Å². The van der Waals surface area contributed by atoms with Crippen LogP contribution in [0.2, 0.25) is 0 Å². The number of nitrogens with zero attached hydrogens (tertiary/aromatic N) is 3. The van der Waals surface area contributed by atoms with Gasteiger partial charge < -0.3 is 38.8 Å². The van der Waals surface area contributed by atoms with Crippen LogP contribution in [0.15, 0.2) is 53.6 Å². The summed E-state index contributed by atoms with van der Waals surface area (Å²) in [5.74, 6) is -1.55. The van der Waals surface area contributed by atoms with Crippen LogP contribution in [0.3, 0.4) is 0 Å². The molecule has 1 heterocycles. The average Bonchev–Trinajstić information content (AvgIpc) is 3.27. The summed E-state index contributed by atoms with van der Waals surface area (Å²) in [6.45, 7) is -0.638. The van der Waals surface area contributed by atoms with Crippen LogP contribution in [0.5, 0.6) is 0 Å². The second-order valence-corrected chi connectivity index (χ2v) is 8.92. The highest BCUT2D eigenvalue weighted by molar-refractivity contribution is 5.79. The molecule has 0 radical (unpaired) electrons. The van der Waals surface area contributed by atoms with E-state index in [0.29, 0.717) is 0 Å². The molecule has 0 saturated carbocycles. The maximum absolute atomic E-state index is 13.1. The van der Waals surface area contributed by atoms with Crippen molar-refractivity contribution < 1.29 is 43.1 Å². The minimum Gasteiger partial charge on any atom is -0.479 e. The van der Waals surface area contributed by atoms with E-state index in [2.05, 4.69) is 15.3 Å². The Kier molecular flexibility index (Phi) is 9.71. The van der Waals surface area contributed by atoms with Gasteiger partial charge in [0, 0.05) is 25.0 Å². The molecule has 0 bridgehead atoms. The zero-order chi connectivity index (χ0) is 27.8. The molecule has 2 aromatic rings. The topological polar surface area (TPSA) is 171 Å². The molecular weight excluding hydrogens is 512 g/mol. The Balaban J connectivity index is 1.53. The molecule has 0 spiro atoms. The van der Waals surface area contributed by atoms with Gasteiger partial charge in [-0.05, 0) is 27.8 Å². The first-order valence-electron chi connectivity index (χ1n) is 12.2. The van der Waals surface area contributed by atoms with Crippen molar-refractivity contribution in [3.63, 3.8) is 0 Å². The summed E-state index contributed by atoms with van der Waals surface area (Å²) in [6.07, 6.45) is -5.47. The van der Waals surface area contributed by atoms with Crippen LogP contribution in [0, 0.1) is 0 Å². The molecule has 1 aliphatic heterocycles. The van der Waals surface area contributed by atoms with Crippen molar-refractivity contribution in [1.29, 1.82) is 0 Å². The summed E-state index contributed by atoms with van der Waals surface area (Å²) in [4.78, 5) is 27.9. The Morgan fingerprint density at radius 1 is 1.00 bits per heavy atom. The van der Waals surface area contributed by atoms with Gasteiger partial charge in [-0.25, -0.2) is 9.59 Å². The Hall–Kier alpha value is -3.71. The lowest BCUT2D eigenvalue weighted by Gasteiger charge is -2.44. The second kappa shape index (κ2) is 13.4. The van der Waals surface area contributed by atoms with E-state index in [-0.39, 0.29) is 32.7 Å². The Morgan fingerprint density at radius 2 is 1.59 bits per heavy atom. The third-order valence-electron chi connectivity index (χ3n) is 6.64. The number of carbonyl (C=O) groups is 2. The molecule has 39 heavy (non-hydrogen) atoms. The largest absolute Gasteiger partial charge is 0.479 e. The van der Waals surface area contributed by atoms with Gasteiger partial charge in [0.2, 0.25) is 0 Å². The summed E-state index contributed by atoms with van der Waals surface area (Å²) >= 11 is 0. The molecule has 1 aliphatic carbocycles. The van der Waals surface area contributed by atoms with Gasteiger partial charge in [0.05, 0.1) is 18.7 Å². The molecule has 13 nitrogen and oxygen atoms in total. The third kappa shape index (κ3) is 6.31. The number of carbonyl (C=O) groups excluding carboxylic acids is 1. The summed E-state index contributed by atoms with van der Waals surface area (Å²) in [5, 5.41) is 16.0. The van der Waals surface area contributed by atoms with Crippen LogP contribution in [-0.2, 0) is 33.2 Å². The Bertz CT molecular complexity index is 1160. The first kappa shape index (κ1) is 28.3. The Morgan fingerprint density at radius 3 is 2.15 bits per heavy atom. The highest BCUT2D eigenvalue weighted by Crippen LogP contribution is 2.44. The lowest BCUT2D eigenvalue weighted by Crippen LogP contribution is -2.67. The zero-order valence-electron chi connectivity index (χ0n) is 21.5. The van der Waals surface area contributed by atoms with Crippen LogP contribution in [0.1, 0.15) is 17.0 Å². The molecule has 1 fully saturated rings. The SMILES string of the molecule is COCOC1C(NC(=O)OCC2c3ccccc3-c3ccccc32)[C@H](C(=O)O)OC(CN=[N+]=[N-])[C@H]1OCOC. The van der Waals surface area contributed by atoms with Crippen molar-refractivity contribution in [2.45, 2.75) is 36.4 Å². The minimum absolute atomic E-state index is 0.0257. The van der Waals surface area contributed by atoms with Crippen LogP contribution >= 0.6 is 0 Å². The highest BCUT2D eigenvalue weighted by Gasteiger charge is 2.51. The number of azide groups is 1. The molecule has 1 saturated heterocycles. The van der Waals surface area contributed by atoms with Crippen LogP contribution in [0.25, 0.3) is 21.6 Å². The number of aliphatic carboxylic acids is 1. The highest BCUT2D eigenvalue weighted by atomic mass is 16.7. The lowest BCUT2D eigenvalue weighted by molar-refractivity contribution is -0.245. The zero-order valence-corrected chi connectivity index (χ0v) is 21.5. The number of carboxylic acid groups (broad SMARTS) is 1. The maximum atomic E-state index is 13.1. The molecule has 2 aromatic carbocycles. The van der Waals surface area contributed by atoms with Crippen LogP contribution < -0.4 is 5.32 Å². The molecule has 208 valence electrons. The van der Waals surface area contributed by atoms with E-state index in [1.165, 1.54) is 14.2 Å². The second-order valence-electron chi connectivity index (χ2n) is 8.92. The van der Waals surface area contributed by atoms with Gasteiger partial charge in [-0.3, -0.25) is 0 Å². The quantitative estimate of drug-likeness (QED) is 0.177. The number of nitrogens with one attached hydrogen (secondary N) is 1. The van der Waals surface area contributed by atoms with Crippen molar-refractivity contribution in [1.82, 2.24) is 5.32 Å². The van der Waals surface area contributed by atoms with Gasteiger partial charge in [0.1, 0.15) is 32.4 Å². The molecule has 13 heteroatoms. The van der Waals surface area contributed by atoms with Crippen molar-refractivity contribution in [3.05, 3.63) is 70.1 Å².